The van der Waals surface area contributed by atoms with Gasteiger partial charge in [-0.3, -0.25) is 13.9 Å². The minimum atomic E-state index is -4.84. The van der Waals surface area contributed by atoms with Crippen molar-refractivity contribution in [2.45, 2.75) is 32.6 Å². The maximum atomic E-state index is 12.9. The molecule has 0 aliphatic rings. The fourth-order valence-electron chi connectivity index (χ4n) is 1.80. The number of hydrogen-bond donors (Lipinski definition) is 0. The van der Waals surface area contributed by atoms with Gasteiger partial charge in [-0.2, -0.15) is 13.2 Å². The Morgan fingerprint density at radius 1 is 1.33 bits per heavy atom. The van der Waals surface area contributed by atoms with Crippen LogP contribution in [0.2, 0.25) is 0 Å². The van der Waals surface area contributed by atoms with E-state index in [4.69, 9.17) is 4.52 Å². The number of nitrogens with zero attached hydrogens (tertiary/aromatic N) is 3. The van der Waals surface area contributed by atoms with Gasteiger partial charge in [0.15, 0.2) is 5.76 Å². The summed E-state index contributed by atoms with van der Waals surface area (Å²) in [5, 5.41) is 3.38. The highest BCUT2D eigenvalue weighted by Crippen LogP contribution is 2.26. The second-order valence-corrected chi connectivity index (χ2v) is 4.69. The molecule has 2 rings (SSSR count). The number of hydrogen-bond acceptors (Lipinski definition) is 4. The maximum absolute atomic E-state index is 12.9. The normalized spacial score (nSPS) is 12.1. The Morgan fingerprint density at radius 3 is 2.48 bits per heavy atom. The van der Waals surface area contributed by atoms with Gasteiger partial charge in [-0.1, -0.05) is 5.16 Å². The summed E-state index contributed by atoms with van der Waals surface area (Å²) in [4.78, 5) is 24.0. The SMILES string of the molecule is CC(C)n1cc(C(F)(F)F)c(=O)n(Cc2ccno2)c1=O. The minimum absolute atomic E-state index is 0.115. The zero-order valence-corrected chi connectivity index (χ0v) is 11.2. The Hall–Kier alpha value is -2.32. The first kappa shape index (κ1) is 15.1. The van der Waals surface area contributed by atoms with Gasteiger partial charge in [0, 0.05) is 18.3 Å². The molecular formula is C12H12F3N3O3. The molecule has 0 saturated carbocycles. The van der Waals surface area contributed by atoms with E-state index in [1.54, 1.807) is 13.8 Å². The second kappa shape index (κ2) is 5.23. The summed E-state index contributed by atoms with van der Waals surface area (Å²) < 4.78 is 44.8. The Labute approximate surface area is 116 Å². The van der Waals surface area contributed by atoms with Crippen LogP contribution >= 0.6 is 0 Å². The molecule has 114 valence electrons. The lowest BCUT2D eigenvalue weighted by atomic mass is 10.3. The highest BCUT2D eigenvalue weighted by molar-refractivity contribution is 5.11. The van der Waals surface area contributed by atoms with Crippen molar-refractivity contribution in [1.82, 2.24) is 14.3 Å². The van der Waals surface area contributed by atoms with Crippen LogP contribution in [0.15, 0.2) is 32.6 Å². The molecule has 9 heteroatoms. The molecule has 21 heavy (non-hydrogen) atoms. The number of alkyl halides is 3. The summed E-state index contributed by atoms with van der Waals surface area (Å²) in [6.07, 6.45) is -3.02. The number of halogens is 3. The van der Waals surface area contributed by atoms with Crippen LogP contribution in [0.4, 0.5) is 13.2 Å². The molecule has 0 aliphatic heterocycles. The van der Waals surface area contributed by atoms with E-state index in [-0.39, 0.29) is 5.76 Å². The van der Waals surface area contributed by atoms with Crippen molar-refractivity contribution in [2.75, 3.05) is 0 Å². The molecule has 2 aromatic rings. The molecule has 0 atom stereocenters. The van der Waals surface area contributed by atoms with E-state index in [2.05, 4.69) is 5.16 Å². The summed E-state index contributed by atoms with van der Waals surface area (Å²) in [5.74, 6) is 0.115. The van der Waals surface area contributed by atoms with Gasteiger partial charge >= 0.3 is 11.9 Å². The van der Waals surface area contributed by atoms with Gasteiger partial charge in [-0.15, -0.1) is 0 Å². The maximum Gasteiger partial charge on any atom is 0.423 e. The molecule has 0 spiro atoms. The average Bonchev–Trinajstić information content (AvgIpc) is 2.85. The van der Waals surface area contributed by atoms with Crippen LogP contribution in [-0.2, 0) is 12.7 Å². The van der Waals surface area contributed by atoms with Crippen molar-refractivity contribution in [1.29, 1.82) is 0 Å². The van der Waals surface area contributed by atoms with Crippen molar-refractivity contribution in [2.24, 2.45) is 0 Å². The van der Waals surface area contributed by atoms with E-state index in [1.165, 1.54) is 12.3 Å². The van der Waals surface area contributed by atoms with E-state index in [0.717, 1.165) is 4.57 Å². The zero-order valence-electron chi connectivity index (χ0n) is 11.2. The Kier molecular flexibility index (Phi) is 3.75. The topological polar surface area (TPSA) is 70.0 Å². The lowest BCUT2D eigenvalue weighted by Gasteiger charge is -2.16. The van der Waals surface area contributed by atoms with Crippen molar-refractivity contribution >= 4 is 0 Å². The highest BCUT2D eigenvalue weighted by Gasteiger charge is 2.36. The number of aromatic nitrogens is 3. The van der Waals surface area contributed by atoms with E-state index < -0.39 is 35.6 Å². The molecule has 0 radical (unpaired) electrons. The molecule has 2 aromatic heterocycles. The first-order valence-electron chi connectivity index (χ1n) is 6.04. The molecule has 2 heterocycles. The standard InChI is InChI=1S/C12H12F3N3O3/c1-7(2)17-6-9(12(13,14)15)10(19)18(11(17)20)5-8-3-4-16-21-8/h3-4,6-7H,5H2,1-2H3. The van der Waals surface area contributed by atoms with Crippen LogP contribution in [0.5, 0.6) is 0 Å². The first-order valence-corrected chi connectivity index (χ1v) is 6.04. The summed E-state index contributed by atoms with van der Waals surface area (Å²) in [7, 11) is 0. The van der Waals surface area contributed by atoms with Crippen molar-refractivity contribution in [3.8, 4) is 0 Å². The van der Waals surface area contributed by atoms with Crippen LogP contribution in [0.3, 0.4) is 0 Å². The molecular weight excluding hydrogens is 291 g/mol. The Bertz CT molecular complexity index is 742. The average molecular weight is 303 g/mol. The van der Waals surface area contributed by atoms with Crippen LogP contribution in [0, 0.1) is 0 Å². The van der Waals surface area contributed by atoms with Gasteiger partial charge in [0.1, 0.15) is 5.56 Å². The second-order valence-electron chi connectivity index (χ2n) is 4.69. The van der Waals surface area contributed by atoms with E-state index in [9.17, 15) is 22.8 Å². The first-order chi connectivity index (χ1) is 9.71. The molecule has 0 aromatic carbocycles. The fraction of sp³-hybridized carbons (Fsp3) is 0.417. The van der Waals surface area contributed by atoms with E-state index in [0.29, 0.717) is 10.8 Å². The quantitative estimate of drug-likeness (QED) is 0.864. The lowest BCUT2D eigenvalue weighted by Crippen LogP contribution is -2.43. The monoisotopic (exact) mass is 303 g/mol. The minimum Gasteiger partial charge on any atom is -0.359 e. The molecule has 0 unspecified atom stereocenters. The van der Waals surface area contributed by atoms with Crippen molar-refractivity contribution < 1.29 is 17.7 Å². The summed E-state index contributed by atoms with van der Waals surface area (Å²) >= 11 is 0. The van der Waals surface area contributed by atoms with Crippen LogP contribution in [0.1, 0.15) is 31.2 Å². The number of rotatable bonds is 3. The fourth-order valence-corrected chi connectivity index (χ4v) is 1.80. The van der Waals surface area contributed by atoms with Gasteiger partial charge < -0.3 is 4.52 Å². The third-order valence-corrected chi connectivity index (χ3v) is 2.86. The van der Waals surface area contributed by atoms with Gasteiger partial charge in [-0.25, -0.2) is 4.79 Å². The van der Waals surface area contributed by atoms with E-state index in [1.807, 2.05) is 0 Å². The van der Waals surface area contributed by atoms with Crippen molar-refractivity contribution in [3.63, 3.8) is 0 Å². The third kappa shape index (κ3) is 2.91. The van der Waals surface area contributed by atoms with Gasteiger partial charge in [-0.05, 0) is 13.8 Å². The predicted octanol–water partition coefficient (Wildman–Crippen LogP) is 1.65. The molecule has 0 N–H and O–H groups in total. The highest BCUT2D eigenvalue weighted by atomic mass is 19.4. The summed E-state index contributed by atoms with van der Waals surface area (Å²) in [6.45, 7) is 2.68. The van der Waals surface area contributed by atoms with Gasteiger partial charge in [0.2, 0.25) is 0 Å². The largest absolute Gasteiger partial charge is 0.423 e. The van der Waals surface area contributed by atoms with Gasteiger partial charge in [0.25, 0.3) is 5.56 Å². The van der Waals surface area contributed by atoms with Gasteiger partial charge in [0.05, 0.1) is 12.7 Å². The smallest absolute Gasteiger partial charge is 0.359 e. The van der Waals surface area contributed by atoms with E-state index >= 15 is 0 Å². The summed E-state index contributed by atoms with van der Waals surface area (Å²) in [6, 6.07) is 0.839. The Balaban J connectivity index is 2.70. The third-order valence-electron chi connectivity index (χ3n) is 2.86. The molecule has 0 saturated heterocycles. The molecule has 0 aliphatic carbocycles. The predicted molar refractivity (Wildman–Crippen MR) is 66.0 cm³/mol. The molecule has 0 amide bonds. The van der Waals surface area contributed by atoms with Crippen LogP contribution in [0.25, 0.3) is 0 Å². The van der Waals surface area contributed by atoms with Crippen LogP contribution in [-0.4, -0.2) is 14.3 Å². The van der Waals surface area contributed by atoms with Crippen molar-refractivity contribution in [3.05, 3.63) is 50.6 Å². The lowest BCUT2D eigenvalue weighted by molar-refractivity contribution is -0.139. The Morgan fingerprint density at radius 2 is 2.00 bits per heavy atom. The zero-order chi connectivity index (χ0) is 15.8. The molecule has 0 bridgehead atoms. The van der Waals surface area contributed by atoms with Crippen LogP contribution < -0.4 is 11.2 Å². The molecule has 0 fully saturated rings. The molecule has 6 nitrogen and oxygen atoms in total. The summed E-state index contributed by atoms with van der Waals surface area (Å²) in [5.41, 5.74) is -3.63.